The molecule has 1 amide bonds. The fourth-order valence-electron chi connectivity index (χ4n) is 3.44. The van der Waals surface area contributed by atoms with E-state index in [0.717, 1.165) is 24.9 Å². The van der Waals surface area contributed by atoms with E-state index in [1.807, 2.05) is 43.0 Å². The van der Waals surface area contributed by atoms with Gasteiger partial charge in [-0.3, -0.25) is 9.79 Å². The summed E-state index contributed by atoms with van der Waals surface area (Å²) in [5.74, 6) is 0.729. The molecule has 0 bridgehead atoms. The van der Waals surface area contributed by atoms with Crippen LogP contribution in [0.5, 0.6) is 0 Å². The third-order valence-electron chi connectivity index (χ3n) is 5.46. The Labute approximate surface area is 206 Å². The van der Waals surface area contributed by atoms with E-state index in [1.165, 1.54) is 6.07 Å². The first-order chi connectivity index (χ1) is 15.0. The maximum Gasteiger partial charge on any atom is 0.251 e. The second kappa shape index (κ2) is 12.6. The summed E-state index contributed by atoms with van der Waals surface area (Å²) in [5.41, 5.74) is 1.70. The number of nitrogens with zero attached hydrogens (tertiary/aromatic N) is 3. The number of aromatic nitrogens is 1. The van der Waals surface area contributed by atoms with Gasteiger partial charge in [-0.15, -0.1) is 24.0 Å². The number of guanidine groups is 1. The molecule has 0 aliphatic carbocycles. The van der Waals surface area contributed by atoms with Gasteiger partial charge in [0, 0.05) is 50.5 Å². The van der Waals surface area contributed by atoms with E-state index in [4.69, 9.17) is 0 Å². The largest absolute Gasteiger partial charge is 0.352 e. The average molecular weight is 554 g/mol. The van der Waals surface area contributed by atoms with E-state index in [1.54, 1.807) is 19.3 Å². The van der Waals surface area contributed by atoms with Crippen molar-refractivity contribution in [2.45, 2.75) is 45.3 Å². The van der Waals surface area contributed by atoms with Crippen LogP contribution in [0.2, 0.25) is 0 Å². The van der Waals surface area contributed by atoms with Gasteiger partial charge in [0.05, 0.1) is 0 Å². The number of hydrogen-bond acceptors (Lipinski definition) is 4. The van der Waals surface area contributed by atoms with E-state index < -0.39 is 0 Å². The Morgan fingerprint density at radius 2 is 2.06 bits per heavy atom. The second-order valence-corrected chi connectivity index (χ2v) is 7.79. The molecule has 0 spiro atoms. The summed E-state index contributed by atoms with van der Waals surface area (Å²) in [6.07, 6.45) is 3.38. The molecule has 0 saturated carbocycles. The first kappa shape index (κ1) is 25.8. The summed E-state index contributed by atoms with van der Waals surface area (Å²) in [5, 5.41) is 9.66. The molecule has 7 nitrogen and oxygen atoms in total. The highest BCUT2D eigenvalue weighted by Crippen LogP contribution is 2.20. The summed E-state index contributed by atoms with van der Waals surface area (Å²) in [4.78, 5) is 22.6. The normalized spacial score (nSPS) is 16.8. The van der Waals surface area contributed by atoms with Gasteiger partial charge in [0.2, 0.25) is 0 Å². The molecule has 2 atom stereocenters. The fraction of sp³-hybridized carbons (Fsp3) is 0.435. The molecule has 1 aromatic carbocycles. The Hall–Kier alpha value is -2.43. The van der Waals surface area contributed by atoms with E-state index in [-0.39, 0.29) is 47.8 Å². The van der Waals surface area contributed by atoms with Crippen molar-refractivity contribution in [3.8, 4) is 0 Å². The molecule has 1 fully saturated rings. The van der Waals surface area contributed by atoms with Gasteiger partial charge in [-0.25, -0.2) is 9.37 Å². The van der Waals surface area contributed by atoms with Crippen LogP contribution >= 0.6 is 24.0 Å². The molecule has 174 valence electrons. The smallest absolute Gasteiger partial charge is 0.251 e. The zero-order valence-electron chi connectivity index (χ0n) is 18.8. The number of amides is 1. The first-order valence-corrected chi connectivity index (χ1v) is 10.7. The maximum atomic E-state index is 14.0. The van der Waals surface area contributed by atoms with Crippen LogP contribution in [0, 0.1) is 5.82 Å². The van der Waals surface area contributed by atoms with E-state index in [9.17, 15) is 9.18 Å². The third kappa shape index (κ3) is 7.04. The molecule has 9 heteroatoms. The maximum absolute atomic E-state index is 14.0. The number of benzene rings is 1. The summed E-state index contributed by atoms with van der Waals surface area (Å²) >= 11 is 0. The topological polar surface area (TPSA) is 81.6 Å². The van der Waals surface area contributed by atoms with Crippen molar-refractivity contribution < 1.29 is 9.18 Å². The molecule has 2 aromatic rings. The summed E-state index contributed by atoms with van der Waals surface area (Å²) < 4.78 is 14.0. The molecule has 1 aliphatic heterocycles. The molecule has 32 heavy (non-hydrogen) atoms. The van der Waals surface area contributed by atoms with Crippen LogP contribution < -0.4 is 20.9 Å². The lowest BCUT2D eigenvalue weighted by molar-refractivity contribution is 0.0939. The van der Waals surface area contributed by atoms with E-state index in [2.05, 4.69) is 25.9 Å². The Bertz CT molecular complexity index is 908. The third-order valence-corrected chi connectivity index (χ3v) is 5.46. The van der Waals surface area contributed by atoms with Gasteiger partial charge in [0.15, 0.2) is 17.6 Å². The zero-order valence-corrected chi connectivity index (χ0v) is 21.1. The highest BCUT2D eigenvalue weighted by molar-refractivity contribution is 14.0. The molecule has 0 radical (unpaired) electrons. The number of halogens is 2. The van der Waals surface area contributed by atoms with E-state index in [0.29, 0.717) is 30.4 Å². The Morgan fingerprint density at radius 1 is 1.31 bits per heavy atom. The molecule has 3 rings (SSSR count). The highest BCUT2D eigenvalue weighted by atomic mass is 127. The quantitative estimate of drug-likeness (QED) is 0.278. The van der Waals surface area contributed by atoms with Gasteiger partial charge in [-0.2, -0.15) is 0 Å². The molecule has 2 heterocycles. The van der Waals surface area contributed by atoms with Crippen LogP contribution in [0.4, 0.5) is 10.2 Å². The molecular formula is C23H32FIN6O. The van der Waals surface area contributed by atoms with Crippen molar-refractivity contribution in [3.05, 3.63) is 59.5 Å². The van der Waals surface area contributed by atoms with Gasteiger partial charge in [-0.1, -0.05) is 19.1 Å². The summed E-state index contributed by atoms with van der Waals surface area (Å²) in [7, 11) is 1.73. The number of hydrogen-bond donors (Lipinski definition) is 3. The SMILES string of the molecule is CCC(C)NC(=O)c1ccc(CNC(=NC)NC2CCN(c3ncccc3F)C2)cc1.I. The number of nitrogens with one attached hydrogen (secondary N) is 3. The molecule has 1 aromatic heterocycles. The fourth-order valence-corrected chi connectivity index (χ4v) is 3.44. The lowest BCUT2D eigenvalue weighted by Crippen LogP contribution is -2.44. The van der Waals surface area contributed by atoms with Crippen molar-refractivity contribution in [1.82, 2.24) is 20.9 Å². The van der Waals surface area contributed by atoms with Gasteiger partial charge < -0.3 is 20.9 Å². The van der Waals surface area contributed by atoms with Crippen molar-refractivity contribution in [2.75, 3.05) is 25.0 Å². The Morgan fingerprint density at radius 3 is 2.72 bits per heavy atom. The monoisotopic (exact) mass is 554 g/mol. The molecule has 2 unspecified atom stereocenters. The molecular weight excluding hydrogens is 522 g/mol. The number of anilines is 1. The van der Waals surface area contributed by atoms with Crippen LogP contribution in [0.25, 0.3) is 0 Å². The minimum absolute atomic E-state index is 0. The van der Waals surface area contributed by atoms with Gasteiger partial charge in [0.25, 0.3) is 5.91 Å². The summed E-state index contributed by atoms with van der Waals surface area (Å²) in [6, 6.07) is 10.9. The number of carbonyl (C=O) groups excluding carboxylic acids is 1. The minimum atomic E-state index is -0.299. The molecule has 1 saturated heterocycles. The lowest BCUT2D eigenvalue weighted by Gasteiger charge is -2.20. The number of rotatable bonds is 7. The van der Waals surface area contributed by atoms with Crippen LogP contribution in [-0.4, -0.2) is 49.1 Å². The van der Waals surface area contributed by atoms with Gasteiger partial charge in [-0.05, 0) is 49.6 Å². The van der Waals surface area contributed by atoms with Crippen molar-refractivity contribution in [2.24, 2.45) is 4.99 Å². The number of carbonyl (C=O) groups is 1. The predicted molar refractivity (Wildman–Crippen MR) is 137 cm³/mol. The second-order valence-electron chi connectivity index (χ2n) is 7.79. The van der Waals surface area contributed by atoms with E-state index >= 15 is 0 Å². The van der Waals surface area contributed by atoms with Crippen molar-refractivity contribution in [3.63, 3.8) is 0 Å². The van der Waals surface area contributed by atoms with Gasteiger partial charge in [0.1, 0.15) is 0 Å². The molecule has 3 N–H and O–H groups in total. The van der Waals surface area contributed by atoms with Crippen LogP contribution in [0.1, 0.15) is 42.6 Å². The van der Waals surface area contributed by atoms with Crippen molar-refractivity contribution in [1.29, 1.82) is 0 Å². The van der Waals surface area contributed by atoms with Gasteiger partial charge >= 0.3 is 0 Å². The van der Waals surface area contributed by atoms with Crippen LogP contribution in [0.3, 0.4) is 0 Å². The van der Waals surface area contributed by atoms with Crippen LogP contribution in [-0.2, 0) is 6.54 Å². The summed E-state index contributed by atoms with van der Waals surface area (Å²) in [6.45, 7) is 6.02. The minimum Gasteiger partial charge on any atom is -0.352 e. The standard InChI is InChI=1S/C23H31FN6O.HI/c1-4-16(2)28-22(31)18-9-7-17(8-10-18)14-27-23(25-3)29-19-11-13-30(15-19)21-20(24)6-5-12-26-21;/h5-10,12,16,19H,4,11,13-15H2,1-3H3,(H,28,31)(H2,25,27,29);1H. The molecule has 1 aliphatic rings. The highest BCUT2D eigenvalue weighted by Gasteiger charge is 2.25. The number of pyridine rings is 1. The lowest BCUT2D eigenvalue weighted by atomic mass is 10.1. The predicted octanol–water partition coefficient (Wildman–Crippen LogP) is 3.31. The Kier molecular flexibility index (Phi) is 10.1. The first-order valence-electron chi connectivity index (χ1n) is 10.7. The average Bonchev–Trinajstić information content (AvgIpc) is 3.25. The van der Waals surface area contributed by atoms with Crippen LogP contribution in [0.15, 0.2) is 47.6 Å². The van der Waals surface area contributed by atoms with Crippen molar-refractivity contribution >= 4 is 41.7 Å². The Balaban J connectivity index is 0.00000363. The number of aliphatic imine (C=N–C) groups is 1. The zero-order chi connectivity index (χ0) is 22.2.